The zero-order valence-electron chi connectivity index (χ0n) is 11.3. The third-order valence-corrected chi connectivity index (χ3v) is 5.65. The smallest absolute Gasteiger partial charge is 0.236 e. The van der Waals surface area contributed by atoms with E-state index in [0.29, 0.717) is 10.9 Å². The Hall–Kier alpha value is -1.40. The molecule has 6 heteroatoms. The first-order valence-electron chi connectivity index (χ1n) is 6.09. The number of hydrogen-bond donors (Lipinski definition) is 1. The summed E-state index contributed by atoms with van der Waals surface area (Å²) in [5.41, 5.74) is 1.01. The van der Waals surface area contributed by atoms with Crippen LogP contribution < -0.4 is 10.5 Å². The summed E-state index contributed by atoms with van der Waals surface area (Å²) in [6.07, 6.45) is 1.70. The molecule has 0 radical (unpaired) electrons. The minimum Gasteiger partial charge on any atom is -0.303 e. The van der Waals surface area contributed by atoms with Crippen LogP contribution in [0.5, 0.6) is 0 Å². The number of carbonyl (C=O) groups excluding carboxylic acids is 1. The van der Waals surface area contributed by atoms with Crippen molar-refractivity contribution in [3.05, 3.63) is 29.8 Å². The van der Waals surface area contributed by atoms with Crippen LogP contribution in [0.4, 0.5) is 0 Å². The number of benzene rings is 1. The molecule has 0 unspecified atom stereocenters. The van der Waals surface area contributed by atoms with Gasteiger partial charge in [-0.05, 0) is 5.56 Å². The summed E-state index contributed by atoms with van der Waals surface area (Å²) in [4.78, 5) is 11.0. The summed E-state index contributed by atoms with van der Waals surface area (Å²) < 4.78 is 0. The van der Waals surface area contributed by atoms with Gasteiger partial charge in [-0.2, -0.15) is 5.10 Å². The molecule has 0 aromatic heterocycles. The molecule has 1 heterocycles. The quantitative estimate of drug-likeness (QED) is 0.524. The first-order chi connectivity index (χ1) is 8.95. The van der Waals surface area contributed by atoms with Crippen molar-refractivity contribution in [1.82, 2.24) is 5.32 Å². The molecule has 0 bridgehead atoms. The van der Waals surface area contributed by atoms with Gasteiger partial charge in [0.15, 0.2) is 5.17 Å². The molecule has 4 nitrogen and oxygen atoms in total. The van der Waals surface area contributed by atoms with Crippen molar-refractivity contribution >= 4 is 42.3 Å². The molecule has 0 atom stereocenters. The van der Waals surface area contributed by atoms with Crippen LogP contribution in [0.25, 0.3) is 0 Å². The van der Waals surface area contributed by atoms with E-state index in [1.54, 1.807) is 6.21 Å². The third-order valence-electron chi connectivity index (χ3n) is 2.72. The third kappa shape index (κ3) is 4.04. The van der Waals surface area contributed by atoms with Gasteiger partial charge in [-0.3, -0.25) is 4.79 Å². The highest BCUT2D eigenvalue weighted by Crippen LogP contribution is 2.08. The largest absolute Gasteiger partial charge is 0.303 e. The number of hydrogen-bond acceptors (Lipinski definition) is 4. The normalized spacial score (nSPS) is 18.3. The number of rotatable bonds is 3. The van der Waals surface area contributed by atoms with E-state index in [9.17, 15) is 4.79 Å². The van der Waals surface area contributed by atoms with Gasteiger partial charge in [-0.15, -0.1) is 5.10 Å². The van der Waals surface area contributed by atoms with E-state index in [1.165, 1.54) is 16.9 Å². The molecular weight excluding hydrogens is 274 g/mol. The summed E-state index contributed by atoms with van der Waals surface area (Å²) in [5, 5.41) is 12.6. The Morgan fingerprint density at radius 1 is 1.26 bits per heavy atom. The Labute approximate surface area is 118 Å². The lowest BCUT2D eigenvalue weighted by Crippen LogP contribution is -2.37. The number of thioether (sulfide) groups is 1. The SMILES string of the molecule is C[Si](C)(C)c1ccc(C=NN=C2NC(=O)CS2)cc1. The summed E-state index contributed by atoms with van der Waals surface area (Å²) in [5.74, 6) is 0.414. The van der Waals surface area contributed by atoms with Crippen molar-refractivity contribution in [1.29, 1.82) is 0 Å². The van der Waals surface area contributed by atoms with Gasteiger partial charge < -0.3 is 5.32 Å². The zero-order chi connectivity index (χ0) is 13.9. The molecule has 1 aromatic rings. The van der Waals surface area contributed by atoms with E-state index in [1.807, 2.05) is 0 Å². The zero-order valence-corrected chi connectivity index (χ0v) is 13.1. The second-order valence-electron chi connectivity index (χ2n) is 5.36. The summed E-state index contributed by atoms with van der Waals surface area (Å²) >= 11 is 1.37. The van der Waals surface area contributed by atoms with Crippen LogP contribution in [0.2, 0.25) is 19.6 Å². The molecule has 0 saturated carbocycles. The molecule has 2 rings (SSSR count). The second kappa shape index (κ2) is 5.71. The second-order valence-corrected chi connectivity index (χ2v) is 11.4. The van der Waals surface area contributed by atoms with E-state index in [0.717, 1.165) is 5.56 Å². The van der Waals surface area contributed by atoms with Gasteiger partial charge in [0.1, 0.15) is 0 Å². The maximum absolute atomic E-state index is 11.0. The van der Waals surface area contributed by atoms with Crippen molar-refractivity contribution in [3.8, 4) is 0 Å². The molecule has 1 aromatic carbocycles. The number of amidine groups is 1. The lowest BCUT2D eigenvalue weighted by atomic mass is 10.2. The Balaban J connectivity index is 2.02. The van der Waals surface area contributed by atoms with Crippen LogP contribution in [0, 0.1) is 0 Å². The van der Waals surface area contributed by atoms with Crippen LogP contribution in [-0.2, 0) is 4.79 Å². The summed E-state index contributed by atoms with van der Waals surface area (Å²) in [6.45, 7) is 6.96. The van der Waals surface area contributed by atoms with E-state index >= 15 is 0 Å². The van der Waals surface area contributed by atoms with Crippen molar-refractivity contribution in [2.75, 3.05) is 5.75 Å². The maximum atomic E-state index is 11.0. The topological polar surface area (TPSA) is 53.8 Å². The molecular formula is C13H17N3OSSi. The van der Waals surface area contributed by atoms with E-state index in [2.05, 4.69) is 59.4 Å². The van der Waals surface area contributed by atoms with Gasteiger partial charge in [0.05, 0.1) is 20.0 Å². The van der Waals surface area contributed by atoms with Gasteiger partial charge in [-0.1, -0.05) is 60.9 Å². The van der Waals surface area contributed by atoms with Gasteiger partial charge in [-0.25, -0.2) is 0 Å². The summed E-state index contributed by atoms with van der Waals surface area (Å²) in [7, 11) is -1.24. The fraction of sp³-hybridized carbons (Fsp3) is 0.308. The highest BCUT2D eigenvalue weighted by atomic mass is 32.2. The van der Waals surface area contributed by atoms with Crippen molar-refractivity contribution < 1.29 is 4.79 Å². The lowest BCUT2D eigenvalue weighted by molar-refractivity contribution is -0.116. The standard InChI is InChI=1S/C13H17N3OSSi/c1-19(2,3)11-6-4-10(5-7-11)8-14-16-13-15-12(17)9-18-13/h4-8H,9H2,1-3H3,(H,15,16,17). The molecule has 0 spiro atoms. The molecule has 1 fully saturated rings. The average molecular weight is 291 g/mol. The fourth-order valence-corrected chi connectivity index (χ4v) is 3.39. The van der Waals surface area contributed by atoms with Gasteiger partial charge in [0, 0.05) is 0 Å². The van der Waals surface area contributed by atoms with Gasteiger partial charge >= 0.3 is 0 Å². The molecule has 1 aliphatic rings. The highest BCUT2D eigenvalue weighted by Gasteiger charge is 2.16. The van der Waals surface area contributed by atoms with Crippen LogP contribution >= 0.6 is 11.8 Å². The van der Waals surface area contributed by atoms with Crippen LogP contribution in [0.1, 0.15) is 5.56 Å². The molecule has 1 amide bonds. The molecule has 0 aliphatic carbocycles. The lowest BCUT2D eigenvalue weighted by Gasteiger charge is -2.16. The predicted molar refractivity (Wildman–Crippen MR) is 85.1 cm³/mol. The van der Waals surface area contributed by atoms with Crippen LogP contribution in [0.3, 0.4) is 0 Å². The first kappa shape index (κ1) is 14.0. The van der Waals surface area contributed by atoms with Crippen molar-refractivity contribution in [2.24, 2.45) is 10.2 Å². The Bertz CT molecular complexity index is 532. The number of amides is 1. The fourth-order valence-electron chi connectivity index (χ4n) is 1.60. The average Bonchev–Trinajstić information content (AvgIpc) is 2.75. The predicted octanol–water partition coefficient (Wildman–Crippen LogP) is 1.78. The Kier molecular flexibility index (Phi) is 4.21. The minimum absolute atomic E-state index is 0.0153. The monoisotopic (exact) mass is 291 g/mol. The van der Waals surface area contributed by atoms with Gasteiger partial charge in [0.25, 0.3) is 0 Å². The number of nitrogens with one attached hydrogen (secondary N) is 1. The number of nitrogens with zero attached hydrogens (tertiary/aromatic N) is 2. The molecule has 1 aliphatic heterocycles. The van der Waals surface area contributed by atoms with Crippen molar-refractivity contribution in [2.45, 2.75) is 19.6 Å². The molecule has 1 N–H and O–H groups in total. The highest BCUT2D eigenvalue weighted by molar-refractivity contribution is 8.15. The first-order valence-corrected chi connectivity index (χ1v) is 10.6. The maximum Gasteiger partial charge on any atom is 0.236 e. The summed E-state index contributed by atoms with van der Waals surface area (Å²) in [6, 6.07) is 8.43. The van der Waals surface area contributed by atoms with E-state index in [-0.39, 0.29) is 5.91 Å². The number of carbonyl (C=O) groups is 1. The molecule has 1 saturated heterocycles. The van der Waals surface area contributed by atoms with Gasteiger partial charge in [0.2, 0.25) is 5.91 Å². The molecule has 19 heavy (non-hydrogen) atoms. The van der Waals surface area contributed by atoms with Crippen LogP contribution in [-0.4, -0.2) is 31.1 Å². The van der Waals surface area contributed by atoms with E-state index < -0.39 is 8.07 Å². The van der Waals surface area contributed by atoms with Crippen molar-refractivity contribution in [3.63, 3.8) is 0 Å². The Morgan fingerprint density at radius 3 is 2.47 bits per heavy atom. The Morgan fingerprint density at radius 2 is 1.95 bits per heavy atom. The van der Waals surface area contributed by atoms with E-state index in [4.69, 9.17) is 0 Å². The van der Waals surface area contributed by atoms with Crippen LogP contribution in [0.15, 0.2) is 34.5 Å². The molecule has 100 valence electrons. The minimum atomic E-state index is -1.24.